The summed E-state index contributed by atoms with van der Waals surface area (Å²) in [6.45, 7) is 1.85. The zero-order valence-corrected chi connectivity index (χ0v) is 7.79. The number of anilines is 1. The first-order chi connectivity index (χ1) is 6.19. The summed E-state index contributed by atoms with van der Waals surface area (Å²) in [5.41, 5.74) is 2.06. The Morgan fingerprint density at radius 1 is 1.54 bits per heavy atom. The lowest BCUT2D eigenvalue weighted by molar-refractivity contribution is 0.551. The van der Waals surface area contributed by atoms with Crippen LogP contribution >= 0.6 is 11.8 Å². The van der Waals surface area contributed by atoms with Crippen molar-refractivity contribution in [3.63, 3.8) is 0 Å². The molecule has 0 aromatic carbocycles. The second kappa shape index (κ2) is 4.38. The molecule has 0 saturated heterocycles. The molecule has 0 fully saturated rings. The van der Waals surface area contributed by atoms with Crippen LogP contribution in [0.15, 0.2) is 11.1 Å². The number of rotatable bonds is 3. The number of nitrogens with one attached hydrogen (secondary N) is 1. The summed E-state index contributed by atoms with van der Waals surface area (Å²) in [4.78, 5) is 3.66. The zero-order chi connectivity index (χ0) is 9.84. The van der Waals surface area contributed by atoms with E-state index in [1.54, 1.807) is 0 Å². The first kappa shape index (κ1) is 10.2. The molecule has 0 unspecified atom stereocenters. The van der Waals surface area contributed by atoms with Crippen LogP contribution < -0.4 is 11.3 Å². The molecule has 0 aliphatic carbocycles. The van der Waals surface area contributed by atoms with Gasteiger partial charge in [-0.05, 0) is 5.75 Å². The number of nitrogens with zero attached hydrogens (tertiary/aromatic N) is 1. The molecule has 3 nitrogen and oxygen atoms in total. The molecule has 3 N–H and O–H groups in total. The average Bonchev–Trinajstić information content (AvgIpc) is 2.10. The second-order valence-corrected chi connectivity index (χ2v) is 3.44. The number of thioether (sulfide) groups is 1. The molecule has 1 heterocycles. The van der Waals surface area contributed by atoms with Gasteiger partial charge in [0.2, 0.25) is 0 Å². The molecule has 0 spiro atoms. The highest BCUT2D eigenvalue weighted by molar-refractivity contribution is 7.99. The third-order valence-corrected chi connectivity index (χ3v) is 2.16. The minimum absolute atomic E-state index is 0.141. The molecule has 1 aromatic heterocycles. The molecular formula is C7H9F2N3S. The summed E-state index contributed by atoms with van der Waals surface area (Å²) in [5, 5.41) is 0.150. The van der Waals surface area contributed by atoms with E-state index in [9.17, 15) is 8.78 Å². The van der Waals surface area contributed by atoms with Crippen LogP contribution in [0.1, 0.15) is 6.92 Å². The van der Waals surface area contributed by atoms with Crippen molar-refractivity contribution in [2.24, 2.45) is 5.84 Å². The zero-order valence-electron chi connectivity index (χ0n) is 6.97. The Balaban J connectivity index is 3.06. The lowest BCUT2D eigenvalue weighted by Gasteiger charge is -2.04. The van der Waals surface area contributed by atoms with Crippen LogP contribution in [-0.2, 0) is 0 Å². The summed E-state index contributed by atoms with van der Waals surface area (Å²) in [7, 11) is 0. The molecule has 72 valence electrons. The van der Waals surface area contributed by atoms with Gasteiger partial charge in [0, 0.05) is 6.07 Å². The van der Waals surface area contributed by atoms with E-state index in [2.05, 4.69) is 10.4 Å². The Morgan fingerprint density at radius 3 is 2.77 bits per heavy atom. The van der Waals surface area contributed by atoms with E-state index in [4.69, 9.17) is 5.84 Å². The fraction of sp³-hybridized carbons (Fsp3) is 0.286. The summed E-state index contributed by atoms with van der Waals surface area (Å²) in [6.07, 6.45) is 0. The van der Waals surface area contributed by atoms with Crippen molar-refractivity contribution in [2.45, 2.75) is 11.9 Å². The van der Waals surface area contributed by atoms with E-state index in [0.717, 1.165) is 6.07 Å². The third kappa shape index (κ3) is 2.28. The maximum absolute atomic E-state index is 13.0. The Bertz CT molecular complexity index is 306. The first-order valence-corrected chi connectivity index (χ1v) is 4.63. The van der Waals surface area contributed by atoms with Gasteiger partial charge in [-0.25, -0.2) is 19.6 Å². The Labute approximate surface area is 78.7 Å². The Hall–Kier alpha value is -0.880. The predicted octanol–water partition coefficient (Wildman–Crippen LogP) is 1.76. The van der Waals surface area contributed by atoms with Crippen LogP contribution in [0.5, 0.6) is 0 Å². The molecule has 1 rings (SSSR count). The number of pyridine rings is 1. The van der Waals surface area contributed by atoms with Crippen LogP contribution in [0.4, 0.5) is 14.6 Å². The Morgan fingerprint density at radius 2 is 2.23 bits per heavy atom. The van der Waals surface area contributed by atoms with Crippen LogP contribution in [0.3, 0.4) is 0 Å². The molecule has 0 amide bonds. The van der Waals surface area contributed by atoms with E-state index in [1.807, 2.05) is 6.92 Å². The van der Waals surface area contributed by atoms with Crippen molar-refractivity contribution in [3.8, 4) is 0 Å². The van der Waals surface area contributed by atoms with Crippen LogP contribution in [-0.4, -0.2) is 10.7 Å². The fourth-order valence-electron chi connectivity index (χ4n) is 0.789. The standard InChI is InChI=1S/C7H9F2N3S/c1-2-13-7-5(9)3-4(8)6(11-7)12-10/h3H,2,10H2,1H3,(H,11,12). The van der Waals surface area contributed by atoms with E-state index >= 15 is 0 Å². The summed E-state index contributed by atoms with van der Waals surface area (Å²) < 4.78 is 25.8. The highest BCUT2D eigenvalue weighted by Gasteiger charge is 2.10. The van der Waals surface area contributed by atoms with Crippen LogP contribution in [0, 0.1) is 11.6 Å². The number of hydrazine groups is 1. The molecule has 0 atom stereocenters. The second-order valence-electron chi connectivity index (χ2n) is 2.18. The molecular weight excluding hydrogens is 196 g/mol. The largest absolute Gasteiger partial charge is 0.306 e. The minimum atomic E-state index is -0.791. The number of aromatic nitrogens is 1. The van der Waals surface area contributed by atoms with Gasteiger partial charge >= 0.3 is 0 Å². The van der Waals surface area contributed by atoms with Crippen molar-refractivity contribution >= 4 is 17.6 Å². The van der Waals surface area contributed by atoms with Gasteiger partial charge < -0.3 is 5.43 Å². The van der Waals surface area contributed by atoms with Gasteiger partial charge in [0.1, 0.15) is 5.03 Å². The molecule has 0 aliphatic heterocycles. The quantitative estimate of drug-likeness (QED) is 0.448. The highest BCUT2D eigenvalue weighted by Crippen LogP contribution is 2.22. The van der Waals surface area contributed by atoms with Gasteiger partial charge in [-0.2, -0.15) is 0 Å². The average molecular weight is 205 g/mol. The summed E-state index contributed by atoms with van der Waals surface area (Å²) in [5.74, 6) is 4.05. The minimum Gasteiger partial charge on any atom is -0.306 e. The first-order valence-electron chi connectivity index (χ1n) is 3.64. The molecule has 6 heteroatoms. The SMILES string of the molecule is CCSc1nc(NN)c(F)cc1F. The molecule has 13 heavy (non-hydrogen) atoms. The van der Waals surface area contributed by atoms with Gasteiger partial charge in [0.25, 0.3) is 0 Å². The lowest BCUT2D eigenvalue weighted by Crippen LogP contribution is -2.11. The van der Waals surface area contributed by atoms with E-state index < -0.39 is 11.6 Å². The van der Waals surface area contributed by atoms with Crippen molar-refractivity contribution in [2.75, 3.05) is 11.2 Å². The fourth-order valence-corrected chi connectivity index (χ4v) is 1.41. The Kier molecular flexibility index (Phi) is 3.44. The van der Waals surface area contributed by atoms with Gasteiger partial charge in [-0.3, -0.25) is 0 Å². The van der Waals surface area contributed by atoms with E-state index in [-0.39, 0.29) is 10.8 Å². The van der Waals surface area contributed by atoms with Gasteiger partial charge in [-0.15, -0.1) is 11.8 Å². The third-order valence-electron chi connectivity index (χ3n) is 1.32. The van der Waals surface area contributed by atoms with Crippen molar-refractivity contribution < 1.29 is 8.78 Å². The summed E-state index contributed by atoms with van der Waals surface area (Å²) >= 11 is 1.19. The van der Waals surface area contributed by atoms with Gasteiger partial charge in [0.05, 0.1) is 0 Å². The maximum atomic E-state index is 13.0. The topological polar surface area (TPSA) is 50.9 Å². The normalized spacial score (nSPS) is 10.2. The summed E-state index contributed by atoms with van der Waals surface area (Å²) in [6, 6.07) is 0.764. The maximum Gasteiger partial charge on any atom is 0.177 e. The van der Waals surface area contributed by atoms with Gasteiger partial charge in [-0.1, -0.05) is 6.92 Å². The van der Waals surface area contributed by atoms with Crippen molar-refractivity contribution in [1.29, 1.82) is 0 Å². The number of hydrogen-bond donors (Lipinski definition) is 2. The smallest absolute Gasteiger partial charge is 0.177 e. The van der Waals surface area contributed by atoms with Crippen LogP contribution in [0.2, 0.25) is 0 Å². The molecule has 0 saturated carbocycles. The van der Waals surface area contributed by atoms with E-state index in [1.165, 1.54) is 11.8 Å². The van der Waals surface area contributed by atoms with E-state index in [0.29, 0.717) is 5.75 Å². The van der Waals surface area contributed by atoms with Crippen molar-refractivity contribution in [1.82, 2.24) is 4.98 Å². The lowest BCUT2D eigenvalue weighted by atomic mass is 10.4. The van der Waals surface area contributed by atoms with Gasteiger partial charge in [0.15, 0.2) is 17.5 Å². The highest BCUT2D eigenvalue weighted by atomic mass is 32.2. The number of nitrogens with two attached hydrogens (primary N) is 1. The van der Waals surface area contributed by atoms with Crippen LogP contribution in [0.25, 0.3) is 0 Å². The predicted molar refractivity (Wildman–Crippen MR) is 48.4 cm³/mol. The molecule has 1 aromatic rings. The number of hydrogen-bond acceptors (Lipinski definition) is 4. The number of nitrogen functional groups attached to an aromatic ring is 1. The molecule has 0 bridgehead atoms. The molecule has 0 aliphatic rings. The van der Waals surface area contributed by atoms with Crippen molar-refractivity contribution in [3.05, 3.63) is 17.7 Å². The monoisotopic (exact) mass is 205 g/mol. The molecule has 0 radical (unpaired) electrons. The number of halogens is 2.